The largest absolute Gasteiger partial charge is 0.343 e. The van der Waals surface area contributed by atoms with Crippen molar-refractivity contribution in [2.75, 3.05) is 52.9 Å². The maximum Gasteiger partial charge on any atom is 0.241 e. The molecule has 0 saturated carbocycles. The van der Waals surface area contributed by atoms with E-state index in [0.29, 0.717) is 11.9 Å². The molecule has 1 N–H and O–H groups in total. The van der Waals surface area contributed by atoms with Gasteiger partial charge in [-0.3, -0.25) is 14.6 Å². The first-order valence-electron chi connectivity index (χ1n) is 7.19. The number of carbonyl (C=O) groups excluding carboxylic acids is 1. The van der Waals surface area contributed by atoms with Crippen LogP contribution in [0, 0.1) is 0 Å². The predicted molar refractivity (Wildman–Crippen MR) is 70.5 cm³/mol. The highest BCUT2D eigenvalue weighted by Crippen LogP contribution is 2.20. The van der Waals surface area contributed by atoms with Crippen molar-refractivity contribution < 1.29 is 4.79 Å². The van der Waals surface area contributed by atoms with Crippen LogP contribution in [0.3, 0.4) is 0 Å². The molecule has 0 aromatic carbocycles. The van der Waals surface area contributed by atoms with Crippen molar-refractivity contribution in [1.29, 1.82) is 0 Å². The van der Waals surface area contributed by atoms with Crippen LogP contribution in [0.2, 0.25) is 0 Å². The van der Waals surface area contributed by atoms with Crippen molar-refractivity contribution in [3.8, 4) is 0 Å². The summed E-state index contributed by atoms with van der Waals surface area (Å²) in [4.78, 5) is 19.1. The third kappa shape index (κ3) is 2.27. The van der Waals surface area contributed by atoms with E-state index in [-0.39, 0.29) is 6.04 Å². The van der Waals surface area contributed by atoms with Crippen LogP contribution >= 0.6 is 0 Å². The number of amides is 1. The van der Waals surface area contributed by atoms with Crippen LogP contribution in [0.15, 0.2) is 0 Å². The zero-order valence-corrected chi connectivity index (χ0v) is 11.3. The summed E-state index contributed by atoms with van der Waals surface area (Å²) in [6, 6.07) is 0.806. The third-order valence-corrected chi connectivity index (χ3v) is 4.73. The van der Waals surface area contributed by atoms with E-state index in [1.807, 2.05) is 11.9 Å². The lowest BCUT2D eigenvalue weighted by Crippen LogP contribution is -2.65. The molecule has 0 bridgehead atoms. The SMILES string of the molecule is CN1CCN2CCN(C3CCNCC3)CC2C1=O. The number of nitrogens with one attached hydrogen (secondary N) is 1. The zero-order valence-electron chi connectivity index (χ0n) is 11.3. The molecule has 0 spiro atoms. The van der Waals surface area contributed by atoms with E-state index in [1.54, 1.807) is 0 Å². The quantitative estimate of drug-likeness (QED) is 0.663. The zero-order chi connectivity index (χ0) is 12.5. The Bertz CT molecular complexity index is 316. The summed E-state index contributed by atoms with van der Waals surface area (Å²) in [5, 5.41) is 3.41. The van der Waals surface area contributed by atoms with Gasteiger partial charge in [-0.25, -0.2) is 0 Å². The molecule has 18 heavy (non-hydrogen) atoms. The van der Waals surface area contributed by atoms with Gasteiger partial charge in [0.1, 0.15) is 6.04 Å². The minimum absolute atomic E-state index is 0.118. The number of piperidine rings is 1. The Morgan fingerprint density at radius 2 is 1.72 bits per heavy atom. The standard InChI is InChI=1S/C13H24N4O/c1-15-6-7-16-8-9-17(10-12(16)13(15)18)11-2-4-14-5-3-11/h11-12,14H,2-10H2,1H3. The fourth-order valence-corrected chi connectivity index (χ4v) is 3.49. The van der Waals surface area contributed by atoms with Crippen LogP contribution in [-0.2, 0) is 4.79 Å². The molecule has 1 unspecified atom stereocenters. The summed E-state index contributed by atoms with van der Waals surface area (Å²) in [6.07, 6.45) is 2.47. The van der Waals surface area contributed by atoms with Crippen molar-refractivity contribution in [2.45, 2.75) is 24.9 Å². The van der Waals surface area contributed by atoms with E-state index in [9.17, 15) is 4.79 Å². The highest BCUT2D eigenvalue weighted by molar-refractivity contribution is 5.82. The number of carbonyl (C=O) groups is 1. The number of rotatable bonds is 1. The van der Waals surface area contributed by atoms with Gasteiger partial charge in [0.05, 0.1) is 0 Å². The molecule has 1 amide bonds. The fourth-order valence-electron chi connectivity index (χ4n) is 3.49. The first-order chi connectivity index (χ1) is 8.75. The molecule has 3 aliphatic rings. The van der Waals surface area contributed by atoms with Gasteiger partial charge >= 0.3 is 0 Å². The van der Waals surface area contributed by atoms with Gasteiger partial charge < -0.3 is 10.2 Å². The second-order valence-corrected chi connectivity index (χ2v) is 5.79. The Morgan fingerprint density at radius 3 is 2.50 bits per heavy atom. The van der Waals surface area contributed by atoms with Crippen LogP contribution in [0.25, 0.3) is 0 Å². The minimum atomic E-state index is 0.118. The predicted octanol–water partition coefficient (Wildman–Crippen LogP) is -0.803. The molecule has 0 aliphatic carbocycles. The Balaban J connectivity index is 1.65. The van der Waals surface area contributed by atoms with Crippen LogP contribution in [0.5, 0.6) is 0 Å². The molecular weight excluding hydrogens is 228 g/mol. The molecule has 0 radical (unpaired) electrons. The highest BCUT2D eigenvalue weighted by Gasteiger charge is 2.38. The number of hydrogen-bond acceptors (Lipinski definition) is 4. The van der Waals surface area contributed by atoms with E-state index in [0.717, 1.165) is 45.8 Å². The highest BCUT2D eigenvalue weighted by atomic mass is 16.2. The van der Waals surface area contributed by atoms with E-state index >= 15 is 0 Å². The van der Waals surface area contributed by atoms with Crippen molar-refractivity contribution in [1.82, 2.24) is 20.0 Å². The van der Waals surface area contributed by atoms with Crippen molar-refractivity contribution in [3.05, 3.63) is 0 Å². The third-order valence-electron chi connectivity index (χ3n) is 4.73. The number of likely N-dealkylation sites (N-methyl/N-ethyl adjacent to an activating group) is 1. The van der Waals surface area contributed by atoms with Crippen LogP contribution in [0.4, 0.5) is 0 Å². The minimum Gasteiger partial charge on any atom is -0.343 e. The van der Waals surface area contributed by atoms with Gasteiger partial charge in [0, 0.05) is 45.8 Å². The molecule has 0 aromatic rings. The van der Waals surface area contributed by atoms with E-state index < -0.39 is 0 Å². The number of hydrogen-bond donors (Lipinski definition) is 1. The summed E-state index contributed by atoms with van der Waals surface area (Å²) < 4.78 is 0. The molecule has 5 nitrogen and oxygen atoms in total. The number of fused-ring (bicyclic) bond motifs is 1. The van der Waals surface area contributed by atoms with Crippen LogP contribution in [-0.4, -0.2) is 85.6 Å². The second kappa shape index (κ2) is 5.15. The molecule has 3 saturated heterocycles. The second-order valence-electron chi connectivity index (χ2n) is 5.79. The van der Waals surface area contributed by atoms with Crippen LogP contribution in [0.1, 0.15) is 12.8 Å². The summed E-state index contributed by atoms with van der Waals surface area (Å²) >= 11 is 0. The Morgan fingerprint density at radius 1 is 1.06 bits per heavy atom. The van der Waals surface area contributed by atoms with Gasteiger partial charge in [-0.15, -0.1) is 0 Å². The molecule has 3 aliphatic heterocycles. The molecule has 102 valence electrons. The first kappa shape index (κ1) is 12.4. The van der Waals surface area contributed by atoms with Gasteiger partial charge in [-0.05, 0) is 25.9 Å². The molecule has 3 heterocycles. The molecule has 3 fully saturated rings. The molecule has 5 heteroatoms. The summed E-state index contributed by atoms with van der Waals surface area (Å²) in [7, 11) is 1.93. The fraction of sp³-hybridized carbons (Fsp3) is 0.923. The number of piperazine rings is 2. The molecule has 3 rings (SSSR count). The topological polar surface area (TPSA) is 38.8 Å². The first-order valence-corrected chi connectivity index (χ1v) is 7.19. The summed E-state index contributed by atoms with van der Waals surface area (Å²) in [5.41, 5.74) is 0. The normalized spacial score (nSPS) is 32.6. The van der Waals surface area contributed by atoms with Crippen molar-refractivity contribution in [2.24, 2.45) is 0 Å². The lowest BCUT2D eigenvalue weighted by Gasteiger charge is -2.48. The Labute approximate surface area is 109 Å². The van der Waals surface area contributed by atoms with Gasteiger partial charge in [0.25, 0.3) is 0 Å². The molecule has 1 atom stereocenters. The van der Waals surface area contributed by atoms with Gasteiger partial charge in [0.15, 0.2) is 0 Å². The van der Waals surface area contributed by atoms with E-state index in [2.05, 4.69) is 15.1 Å². The average molecular weight is 252 g/mol. The monoisotopic (exact) mass is 252 g/mol. The van der Waals surface area contributed by atoms with Gasteiger partial charge in [-0.2, -0.15) is 0 Å². The van der Waals surface area contributed by atoms with Crippen LogP contribution < -0.4 is 5.32 Å². The molecular formula is C13H24N4O. The Kier molecular flexibility index (Phi) is 3.54. The van der Waals surface area contributed by atoms with Crippen molar-refractivity contribution in [3.63, 3.8) is 0 Å². The average Bonchev–Trinajstić information content (AvgIpc) is 2.44. The number of nitrogens with zero attached hydrogens (tertiary/aromatic N) is 3. The maximum absolute atomic E-state index is 12.2. The smallest absolute Gasteiger partial charge is 0.241 e. The summed E-state index contributed by atoms with van der Waals surface area (Å²) in [6.45, 7) is 7.34. The van der Waals surface area contributed by atoms with E-state index in [1.165, 1.54) is 12.8 Å². The summed E-state index contributed by atoms with van der Waals surface area (Å²) in [5.74, 6) is 0.319. The van der Waals surface area contributed by atoms with Crippen molar-refractivity contribution >= 4 is 5.91 Å². The van der Waals surface area contributed by atoms with Gasteiger partial charge in [0.2, 0.25) is 5.91 Å². The maximum atomic E-state index is 12.2. The Hall–Kier alpha value is -0.650. The molecule has 0 aromatic heterocycles. The van der Waals surface area contributed by atoms with E-state index in [4.69, 9.17) is 0 Å². The van der Waals surface area contributed by atoms with Gasteiger partial charge in [-0.1, -0.05) is 0 Å². The lowest BCUT2D eigenvalue weighted by atomic mass is 10.0. The lowest BCUT2D eigenvalue weighted by molar-refractivity contribution is -0.144.